The standard InChI is InChI=1S/C30H30F3N3O4/c1-21-8-9-24(28(38)40-2)18-26(21)23-10-12-25(13-11-23)34-14-16-35(17-15-34)27(37)20-36(29(39)30(31,32)33)19-22-6-4-3-5-7-22/h3-13,18H,14-17,19-20H2,1-2H3. The third-order valence-electron chi connectivity index (χ3n) is 6.91. The fourth-order valence-corrected chi connectivity index (χ4v) is 4.69. The van der Waals surface area contributed by atoms with Crippen LogP contribution in [-0.4, -0.2) is 73.6 Å². The van der Waals surface area contributed by atoms with Crippen molar-refractivity contribution in [1.29, 1.82) is 0 Å². The minimum atomic E-state index is -5.07. The third-order valence-corrected chi connectivity index (χ3v) is 6.91. The summed E-state index contributed by atoms with van der Waals surface area (Å²) in [4.78, 5) is 41.0. The first-order valence-electron chi connectivity index (χ1n) is 12.8. The van der Waals surface area contributed by atoms with Gasteiger partial charge in [0, 0.05) is 38.4 Å². The molecule has 4 rings (SSSR count). The molecule has 40 heavy (non-hydrogen) atoms. The van der Waals surface area contributed by atoms with Crippen LogP contribution in [0.3, 0.4) is 0 Å². The molecule has 0 aromatic heterocycles. The number of anilines is 1. The predicted molar refractivity (Wildman–Crippen MR) is 145 cm³/mol. The van der Waals surface area contributed by atoms with Crippen LogP contribution in [0.1, 0.15) is 21.5 Å². The summed E-state index contributed by atoms with van der Waals surface area (Å²) in [5.41, 5.74) is 4.78. The van der Waals surface area contributed by atoms with Crippen LogP contribution >= 0.6 is 0 Å². The molecular formula is C30H30F3N3O4. The number of hydrogen-bond acceptors (Lipinski definition) is 5. The molecule has 0 N–H and O–H groups in total. The van der Waals surface area contributed by atoms with E-state index in [4.69, 9.17) is 4.74 Å². The summed E-state index contributed by atoms with van der Waals surface area (Å²) < 4.78 is 44.5. The molecule has 0 saturated carbocycles. The summed E-state index contributed by atoms with van der Waals surface area (Å²) in [7, 11) is 1.34. The maximum Gasteiger partial charge on any atom is 0.471 e. The highest BCUT2D eigenvalue weighted by molar-refractivity contribution is 5.91. The Bertz CT molecular complexity index is 1350. The number of nitrogens with zero attached hydrogens (tertiary/aromatic N) is 3. The number of aryl methyl sites for hydroxylation is 1. The van der Waals surface area contributed by atoms with E-state index < -0.39 is 30.5 Å². The fourth-order valence-electron chi connectivity index (χ4n) is 4.69. The van der Waals surface area contributed by atoms with Crippen LogP contribution in [0.5, 0.6) is 0 Å². The second kappa shape index (κ2) is 12.2. The van der Waals surface area contributed by atoms with Crippen LogP contribution in [0.15, 0.2) is 72.8 Å². The second-order valence-electron chi connectivity index (χ2n) is 9.58. The minimum absolute atomic E-state index is 0.306. The number of rotatable bonds is 7. The molecule has 1 aliphatic rings. The lowest BCUT2D eigenvalue weighted by Gasteiger charge is -2.37. The van der Waals surface area contributed by atoms with Gasteiger partial charge in [-0.15, -0.1) is 0 Å². The maximum atomic E-state index is 13.2. The van der Waals surface area contributed by atoms with E-state index in [2.05, 4.69) is 4.90 Å². The van der Waals surface area contributed by atoms with Crippen molar-refractivity contribution in [2.45, 2.75) is 19.6 Å². The number of carbonyl (C=O) groups excluding carboxylic acids is 3. The first kappa shape index (κ1) is 28.7. The van der Waals surface area contributed by atoms with Gasteiger partial charge in [0.25, 0.3) is 0 Å². The van der Waals surface area contributed by atoms with Crippen molar-refractivity contribution in [2.24, 2.45) is 0 Å². The highest BCUT2D eigenvalue weighted by Gasteiger charge is 2.43. The van der Waals surface area contributed by atoms with Crippen molar-refractivity contribution >= 4 is 23.5 Å². The van der Waals surface area contributed by atoms with E-state index in [0.29, 0.717) is 42.2 Å². The zero-order valence-electron chi connectivity index (χ0n) is 22.3. The molecule has 7 nitrogen and oxygen atoms in total. The van der Waals surface area contributed by atoms with Gasteiger partial charge in [0.15, 0.2) is 0 Å². The summed E-state index contributed by atoms with van der Waals surface area (Å²) in [6, 6.07) is 21.5. The Labute approximate surface area is 230 Å². The number of alkyl halides is 3. The summed E-state index contributed by atoms with van der Waals surface area (Å²) in [5.74, 6) is -2.96. The molecule has 1 heterocycles. The largest absolute Gasteiger partial charge is 0.471 e. The minimum Gasteiger partial charge on any atom is -0.465 e. The van der Waals surface area contributed by atoms with Crippen LogP contribution in [0.2, 0.25) is 0 Å². The number of esters is 1. The average Bonchev–Trinajstić information content (AvgIpc) is 2.96. The Kier molecular flexibility index (Phi) is 8.77. The highest BCUT2D eigenvalue weighted by atomic mass is 19.4. The van der Waals surface area contributed by atoms with Gasteiger partial charge in [-0.1, -0.05) is 48.5 Å². The van der Waals surface area contributed by atoms with Crippen LogP contribution in [0.4, 0.5) is 18.9 Å². The summed E-state index contributed by atoms with van der Waals surface area (Å²) in [5, 5.41) is 0. The van der Waals surface area contributed by atoms with Crippen molar-refractivity contribution < 1.29 is 32.3 Å². The van der Waals surface area contributed by atoms with Gasteiger partial charge in [-0.3, -0.25) is 9.59 Å². The molecule has 1 aliphatic heterocycles. The molecule has 3 aromatic rings. The molecule has 0 atom stereocenters. The topological polar surface area (TPSA) is 70.2 Å². The number of hydrogen-bond donors (Lipinski definition) is 0. The molecule has 0 radical (unpaired) electrons. The second-order valence-corrected chi connectivity index (χ2v) is 9.58. The molecule has 1 fully saturated rings. The first-order valence-corrected chi connectivity index (χ1v) is 12.8. The fraction of sp³-hybridized carbons (Fsp3) is 0.300. The summed E-state index contributed by atoms with van der Waals surface area (Å²) in [6.07, 6.45) is -5.07. The lowest BCUT2D eigenvalue weighted by molar-refractivity contribution is -0.187. The summed E-state index contributed by atoms with van der Waals surface area (Å²) in [6.45, 7) is 2.64. The van der Waals surface area contributed by atoms with Gasteiger partial charge in [0.2, 0.25) is 5.91 Å². The number of amides is 2. The lowest BCUT2D eigenvalue weighted by atomic mass is 9.97. The zero-order valence-corrected chi connectivity index (χ0v) is 22.3. The molecule has 2 amide bonds. The molecular weight excluding hydrogens is 523 g/mol. The highest BCUT2D eigenvalue weighted by Crippen LogP contribution is 2.28. The Balaban J connectivity index is 1.38. The Morgan fingerprint density at radius 1 is 0.900 bits per heavy atom. The average molecular weight is 554 g/mol. The monoisotopic (exact) mass is 553 g/mol. The van der Waals surface area contributed by atoms with E-state index in [1.54, 1.807) is 42.5 Å². The van der Waals surface area contributed by atoms with E-state index in [9.17, 15) is 27.6 Å². The number of methoxy groups -OCH3 is 1. The van der Waals surface area contributed by atoms with Gasteiger partial charge in [0.05, 0.1) is 12.7 Å². The van der Waals surface area contributed by atoms with Gasteiger partial charge in [-0.25, -0.2) is 4.79 Å². The van der Waals surface area contributed by atoms with Crippen molar-refractivity contribution in [2.75, 3.05) is 44.7 Å². The van der Waals surface area contributed by atoms with Crippen molar-refractivity contribution in [3.63, 3.8) is 0 Å². The zero-order chi connectivity index (χ0) is 28.9. The molecule has 3 aromatic carbocycles. The van der Waals surface area contributed by atoms with E-state index in [1.807, 2.05) is 37.3 Å². The molecule has 210 valence electrons. The van der Waals surface area contributed by atoms with Gasteiger partial charge in [-0.05, 0) is 53.4 Å². The molecule has 1 saturated heterocycles. The smallest absolute Gasteiger partial charge is 0.465 e. The van der Waals surface area contributed by atoms with Gasteiger partial charge >= 0.3 is 18.1 Å². The van der Waals surface area contributed by atoms with Crippen molar-refractivity contribution in [3.8, 4) is 11.1 Å². The Morgan fingerprint density at radius 3 is 2.15 bits per heavy atom. The van der Waals surface area contributed by atoms with Crippen LogP contribution in [-0.2, 0) is 20.9 Å². The van der Waals surface area contributed by atoms with Gasteiger partial charge in [-0.2, -0.15) is 13.2 Å². The number of ether oxygens (including phenoxy) is 1. The number of halogens is 3. The van der Waals surface area contributed by atoms with Crippen LogP contribution in [0, 0.1) is 6.92 Å². The van der Waals surface area contributed by atoms with E-state index in [0.717, 1.165) is 22.4 Å². The van der Waals surface area contributed by atoms with Crippen molar-refractivity contribution in [3.05, 3.63) is 89.5 Å². The third kappa shape index (κ3) is 6.80. The molecule has 0 bridgehead atoms. The van der Waals surface area contributed by atoms with E-state index in [1.165, 1.54) is 12.0 Å². The molecule has 10 heteroatoms. The summed E-state index contributed by atoms with van der Waals surface area (Å²) >= 11 is 0. The Hall–Kier alpha value is -4.34. The normalized spacial score (nSPS) is 13.6. The molecule has 0 unspecified atom stereocenters. The van der Waals surface area contributed by atoms with E-state index in [-0.39, 0.29) is 6.54 Å². The maximum absolute atomic E-state index is 13.2. The number of carbonyl (C=O) groups is 3. The molecule has 0 spiro atoms. The quantitative estimate of drug-likeness (QED) is 0.397. The Morgan fingerprint density at radius 2 is 1.55 bits per heavy atom. The van der Waals surface area contributed by atoms with Gasteiger partial charge < -0.3 is 19.4 Å². The SMILES string of the molecule is COC(=O)c1ccc(C)c(-c2ccc(N3CCN(C(=O)CN(Cc4ccccc4)C(=O)C(F)(F)F)CC3)cc2)c1. The van der Waals surface area contributed by atoms with Crippen LogP contribution in [0.25, 0.3) is 11.1 Å². The van der Waals surface area contributed by atoms with Gasteiger partial charge in [0.1, 0.15) is 6.54 Å². The van der Waals surface area contributed by atoms with Crippen molar-refractivity contribution in [1.82, 2.24) is 9.80 Å². The predicted octanol–water partition coefficient (Wildman–Crippen LogP) is 4.69. The number of benzene rings is 3. The number of piperazine rings is 1. The van der Waals surface area contributed by atoms with E-state index >= 15 is 0 Å². The van der Waals surface area contributed by atoms with Crippen LogP contribution < -0.4 is 4.90 Å². The first-order chi connectivity index (χ1) is 19.1. The lowest BCUT2D eigenvalue weighted by Crippen LogP contribution is -2.53. The molecule has 0 aliphatic carbocycles.